The number of hydrogen-bond donors (Lipinski definition) is 0. The average molecular weight is 201 g/mol. The molecule has 0 atom stereocenters. The predicted molar refractivity (Wildman–Crippen MR) is 57.4 cm³/mol. The number of nitrogens with zero attached hydrogens (tertiary/aromatic N) is 1. The van der Waals surface area contributed by atoms with Gasteiger partial charge in [0, 0.05) is 11.6 Å². The third kappa shape index (κ3) is 2.07. The van der Waals surface area contributed by atoms with Crippen molar-refractivity contribution < 1.29 is 9.47 Å². The number of aromatic nitrogens is 1. The smallest absolute Gasteiger partial charge is 0.188 e. The molecule has 0 bridgehead atoms. The number of rotatable bonds is 2. The summed E-state index contributed by atoms with van der Waals surface area (Å²) in [7, 11) is 1.63. The normalized spacial score (nSPS) is 9.93. The zero-order valence-electron chi connectivity index (χ0n) is 8.38. The van der Waals surface area contributed by atoms with Crippen molar-refractivity contribution in [3.8, 4) is 16.9 Å². The lowest BCUT2D eigenvalue weighted by molar-refractivity contribution is -0.604. The molecule has 0 aliphatic rings. The van der Waals surface area contributed by atoms with Crippen molar-refractivity contribution in [1.29, 1.82) is 0 Å². The molecule has 0 radical (unpaired) electrons. The largest absolute Gasteiger partial charge is 0.619 e. The molecular weight excluding hydrogens is 190 g/mol. The van der Waals surface area contributed by atoms with Gasteiger partial charge in [0.15, 0.2) is 12.4 Å². The Balaban J connectivity index is 2.37. The van der Waals surface area contributed by atoms with Crippen LogP contribution in [0.4, 0.5) is 0 Å². The maximum Gasteiger partial charge on any atom is 0.188 e. The molecule has 1 heterocycles. The Labute approximate surface area is 88.1 Å². The van der Waals surface area contributed by atoms with Gasteiger partial charge in [-0.15, -0.1) is 0 Å². The highest BCUT2D eigenvalue weighted by molar-refractivity contribution is 5.62. The van der Waals surface area contributed by atoms with E-state index in [1.165, 1.54) is 6.20 Å². The molecule has 0 unspecified atom stereocenters. The Morgan fingerprint density at radius 2 is 1.80 bits per heavy atom. The summed E-state index contributed by atoms with van der Waals surface area (Å²) >= 11 is 0. The maximum atomic E-state index is 11.1. The first-order valence-electron chi connectivity index (χ1n) is 4.63. The third-order valence-corrected chi connectivity index (χ3v) is 2.20. The first-order chi connectivity index (χ1) is 7.29. The van der Waals surface area contributed by atoms with Gasteiger partial charge >= 0.3 is 0 Å². The molecule has 0 N–H and O–H groups in total. The zero-order valence-corrected chi connectivity index (χ0v) is 8.38. The van der Waals surface area contributed by atoms with E-state index in [4.69, 9.17) is 4.74 Å². The van der Waals surface area contributed by atoms with Gasteiger partial charge in [-0.05, 0) is 23.8 Å². The van der Waals surface area contributed by atoms with E-state index >= 15 is 0 Å². The van der Waals surface area contributed by atoms with E-state index in [-0.39, 0.29) is 0 Å². The molecule has 0 fully saturated rings. The second-order valence-corrected chi connectivity index (χ2v) is 3.18. The van der Waals surface area contributed by atoms with Crippen LogP contribution in [0.5, 0.6) is 5.75 Å². The molecular formula is C12H11NO2. The minimum Gasteiger partial charge on any atom is -0.619 e. The van der Waals surface area contributed by atoms with Crippen LogP contribution in [0.2, 0.25) is 0 Å². The molecule has 3 nitrogen and oxygen atoms in total. The highest BCUT2D eigenvalue weighted by Gasteiger charge is 2.00. The highest BCUT2D eigenvalue weighted by atomic mass is 16.5. The zero-order chi connectivity index (χ0) is 10.7. The summed E-state index contributed by atoms with van der Waals surface area (Å²) in [6, 6.07) is 11.2. The number of methoxy groups -OCH3 is 1. The van der Waals surface area contributed by atoms with Gasteiger partial charge in [0.2, 0.25) is 0 Å². The van der Waals surface area contributed by atoms with Crippen LogP contribution in [-0.4, -0.2) is 7.11 Å². The SMILES string of the molecule is COc1ccc(-c2ccc[n+]([O-])c2)cc1. The van der Waals surface area contributed by atoms with Crippen LogP contribution in [0.15, 0.2) is 48.8 Å². The molecule has 2 aromatic rings. The van der Waals surface area contributed by atoms with E-state index in [1.54, 1.807) is 19.4 Å². The Morgan fingerprint density at radius 3 is 2.40 bits per heavy atom. The Kier molecular flexibility index (Phi) is 2.54. The third-order valence-electron chi connectivity index (χ3n) is 2.20. The molecule has 2 rings (SSSR count). The fourth-order valence-electron chi connectivity index (χ4n) is 1.41. The van der Waals surface area contributed by atoms with Crippen LogP contribution in [-0.2, 0) is 0 Å². The molecule has 1 aromatic heterocycles. The number of pyridine rings is 1. The molecule has 0 saturated carbocycles. The van der Waals surface area contributed by atoms with Crippen LogP contribution < -0.4 is 9.47 Å². The second-order valence-electron chi connectivity index (χ2n) is 3.18. The molecule has 0 aliphatic carbocycles. The van der Waals surface area contributed by atoms with Crippen LogP contribution in [0.25, 0.3) is 11.1 Å². The number of benzene rings is 1. The molecule has 0 aliphatic heterocycles. The van der Waals surface area contributed by atoms with E-state index in [0.717, 1.165) is 21.6 Å². The second kappa shape index (κ2) is 4.00. The van der Waals surface area contributed by atoms with Gasteiger partial charge < -0.3 is 9.94 Å². The summed E-state index contributed by atoms with van der Waals surface area (Å²) in [5.74, 6) is 0.810. The minimum absolute atomic E-state index is 0.791. The van der Waals surface area contributed by atoms with E-state index in [2.05, 4.69) is 0 Å². The monoisotopic (exact) mass is 201 g/mol. The Hall–Kier alpha value is -2.03. The molecule has 1 aromatic carbocycles. The van der Waals surface area contributed by atoms with E-state index in [1.807, 2.05) is 30.3 Å². The maximum absolute atomic E-state index is 11.1. The Morgan fingerprint density at radius 1 is 1.07 bits per heavy atom. The molecule has 0 amide bonds. The lowest BCUT2D eigenvalue weighted by Crippen LogP contribution is -2.23. The first kappa shape index (κ1) is 9.52. The van der Waals surface area contributed by atoms with Crippen molar-refractivity contribution in [3.63, 3.8) is 0 Å². The van der Waals surface area contributed by atoms with Gasteiger partial charge in [-0.25, -0.2) is 0 Å². The molecule has 3 heteroatoms. The fraction of sp³-hybridized carbons (Fsp3) is 0.0833. The van der Waals surface area contributed by atoms with Crippen LogP contribution in [0, 0.1) is 5.21 Å². The molecule has 76 valence electrons. The first-order valence-corrected chi connectivity index (χ1v) is 4.63. The van der Waals surface area contributed by atoms with Crippen LogP contribution >= 0.6 is 0 Å². The number of ether oxygens (including phenoxy) is 1. The average Bonchev–Trinajstić information content (AvgIpc) is 2.29. The summed E-state index contributed by atoms with van der Waals surface area (Å²) in [5.41, 5.74) is 1.90. The van der Waals surface area contributed by atoms with E-state index < -0.39 is 0 Å². The topological polar surface area (TPSA) is 36.2 Å². The Bertz CT molecular complexity index is 451. The van der Waals surface area contributed by atoms with Crippen molar-refractivity contribution in [1.82, 2.24) is 0 Å². The summed E-state index contributed by atoms with van der Waals surface area (Å²) in [6.07, 6.45) is 3.01. The van der Waals surface area contributed by atoms with Gasteiger partial charge in [0.1, 0.15) is 5.75 Å². The van der Waals surface area contributed by atoms with E-state index in [0.29, 0.717) is 0 Å². The van der Waals surface area contributed by atoms with Crippen LogP contribution in [0.3, 0.4) is 0 Å². The van der Waals surface area contributed by atoms with Crippen LogP contribution in [0.1, 0.15) is 0 Å². The fourth-order valence-corrected chi connectivity index (χ4v) is 1.41. The lowest BCUT2D eigenvalue weighted by Gasteiger charge is -2.03. The van der Waals surface area contributed by atoms with Crippen molar-refractivity contribution in [3.05, 3.63) is 54.0 Å². The summed E-state index contributed by atoms with van der Waals surface area (Å²) in [4.78, 5) is 0. The predicted octanol–water partition coefficient (Wildman–Crippen LogP) is 2.00. The molecule has 0 spiro atoms. The minimum atomic E-state index is 0.791. The highest BCUT2D eigenvalue weighted by Crippen LogP contribution is 2.20. The summed E-state index contributed by atoms with van der Waals surface area (Å²) in [6.45, 7) is 0. The summed E-state index contributed by atoms with van der Waals surface area (Å²) < 4.78 is 5.85. The van der Waals surface area contributed by atoms with Crippen molar-refractivity contribution >= 4 is 0 Å². The molecule has 15 heavy (non-hydrogen) atoms. The van der Waals surface area contributed by atoms with E-state index in [9.17, 15) is 5.21 Å². The van der Waals surface area contributed by atoms with Crippen molar-refractivity contribution in [2.75, 3.05) is 7.11 Å². The van der Waals surface area contributed by atoms with Crippen molar-refractivity contribution in [2.45, 2.75) is 0 Å². The van der Waals surface area contributed by atoms with Gasteiger partial charge in [0.25, 0.3) is 0 Å². The lowest BCUT2D eigenvalue weighted by atomic mass is 10.1. The number of hydrogen-bond acceptors (Lipinski definition) is 2. The van der Waals surface area contributed by atoms with Gasteiger partial charge in [-0.3, -0.25) is 0 Å². The standard InChI is InChI=1S/C12H11NO2/c1-15-12-6-4-10(5-7-12)11-3-2-8-13(14)9-11/h2-9H,1H3. The summed E-state index contributed by atoms with van der Waals surface area (Å²) in [5, 5.41) is 11.1. The van der Waals surface area contributed by atoms with Crippen molar-refractivity contribution in [2.24, 2.45) is 0 Å². The van der Waals surface area contributed by atoms with Gasteiger partial charge in [0.05, 0.1) is 7.11 Å². The quantitative estimate of drug-likeness (QED) is 0.550. The van der Waals surface area contributed by atoms with Gasteiger partial charge in [-0.1, -0.05) is 12.1 Å². The molecule has 0 saturated heterocycles. The van der Waals surface area contributed by atoms with Gasteiger partial charge in [-0.2, -0.15) is 4.73 Å².